The summed E-state index contributed by atoms with van der Waals surface area (Å²) in [5.41, 5.74) is 1.70. The minimum atomic E-state index is -0.605. The fraction of sp³-hybridized carbons (Fsp3) is 0.314. The molecular weight excluding hydrogens is 594 g/mol. The number of nitro groups is 1. The molecule has 11 heteroatoms. The van der Waals surface area contributed by atoms with Gasteiger partial charge in [0.2, 0.25) is 0 Å². The third kappa shape index (κ3) is 8.35. The van der Waals surface area contributed by atoms with Gasteiger partial charge in [-0.25, -0.2) is 13.6 Å². The van der Waals surface area contributed by atoms with Crippen LogP contribution in [0.25, 0.3) is 11.1 Å². The largest absolute Gasteiger partial charge is 0.450 e. The lowest BCUT2D eigenvalue weighted by molar-refractivity contribution is -0.384. The molecule has 2 amide bonds. The van der Waals surface area contributed by atoms with Crippen LogP contribution in [-0.2, 0) is 11.3 Å². The van der Waals surface area contributed by atoms with Gasteiger partial charge in [-0.2, -0.15) is 0 Å². The molecule has 4 aromatic rings. The number of aromatic nitrogens is 1. The maximum absolute atomic E-state index is 15.0. The summed E-state index contributed by atoms with van der Waals surface area (Å²) in [6, 6.07) is 19.5. The third-order valence-electron chi connectivity index (χ3n) is 7.48. The van der Waals surface area contributed by atoms with E-state index in [4.69, 9.17) is 4.74 Å². The first kappa shape index (κ1) is 33.8. The van der Waals surface area contributed by atoms with Crippen molar-refractivity contribution in [2.24, 2.45) is 5.41 Å². The molecule has 3 aromatic carbocycles. The van der Waals surface area contributed by atoms with Crippen LogP contribution in [0.2, 0.25) is 0 Å². The van der Waals surface area contributed by atoms with Crippen LogP contribution in [0.4, 0.5) is 19.3 Å². The summed E-state index contributed by atoms with van der Waals surface area (Å²) in [6.07, 6.45) is 1.56. The van der Waals surface area contributed by atoms with Gasteiger partial charge in [-0.05, 0) is 60.7 Å². The molecule has 0 aliphatic heterocycles. The van der Waals surface area contributed by atoms with Crippen LogP contribution in [0.5, 0.6) is 0 Å². The first-order chi connectivity index (χ1) is 21.9. The number of rotatable bonds is 12. The zero-order chi connectivity index (χ0) is 33.4. The summed E-state index contributed by atoms with van der Waals surface area (Å²) < 4.78 is 36.3. The Bertz CT molecular complexity index is 1670. The Morgan fingerprint density at radius 2 is 1.72 bits per heavy atom. The fourth-order valence-electron chi connectivity index (χ4n) is 5.47. The number of hydrogen-bond donors (Lipinski definition) is 1. The molecule has 0 saturated carbocycles. The normalized spacial score (nSPS) is 12.0. The SMILES string of the molecule is CCOC(=O)NCCCN(C(=O)c1ccc([N+](=O)[O-])cc1)[C@@H](c1cc(-c2cc(F)ccc2F)cn1Cc1ccccc1)C(C)(C)C. The van der Waals surface area contributed by atoms with E-state index >= 15 is 4.39 Å². The first-order valence-electron chi connectivity index (χ1n) is 15.0. The maximum atomic E-state index is 15.0. The van der Waals surface area contributed by atoms with E-state index in [-0.39, 0.29) is 42.4 Å². The van der Waals surface area contributed by atoms with Crippen molar-refractivity contribution in [3.8, 4) is 11.1 Å². The average molecular weight is 633 g/mol. The number of halogens is 2. The Kier molecular flexibility index (Phi) is 10.9. The third-order valence-corrected chi connectivity index (χ3v) is 7.48. The second kappa shape index (κ2) is 14.8. The molecule has 4 rings (SSSR count). The molecule has 0 bridgehead atoms. The van der Waals surface area contributed by atoms with Gasteiger partial charge in [-0.15, -0.1) is 0 Å². The molecule has 1 aromatic heterocycles. The topological polar surface area (TPSA) is 107 Å². The predicted octanol–water partition coefficient (Wildman–Crippen LogP) is 7.76. The van der Waals surface area contributed by atoms with Crippen molar-refractivity contribution in [3.05, 3.63) is 124 Å². The molecule has 0 fully saturated rings. The molecule has 0 saturated heterocycles. The minimum absolute atomic E-state index is 0.0904. The highest BCUT2D eigenvalue weighted by Gasteiger charge is 2.37. The van der Waals surface area contributed by atoms with E-state index in [2.05, 4.69) is 5.32 Å². The lowest BCUT2D eigenvalue weighted by Crippen LogP contribution is -2.43. The van der Waals surface area contributed by atoms with E-state index in [1.165, 1.54) is 24.3 Å². The van der Waals surface area contributed by atoms with Crippen molar-refractivity contribution >= 4 is 17.7 Å². The number of nitro benzene ring substituents is 1. The van der Waals surface area contributed by atoms with Crippen LogP contribution >= 0.6 is 0 Å². The fourth-order valence-corrected chi connectivity index (χ4v) is 5.47. The highest BCUT2D eigenvalue weighted by atomic mass is 19.1. The van der Waals surface area contributed by atoms with Crippen LogP contribution in [0.1, 0.15) is 61.8 Å². The second-order valence-corrected chi connectivity index (χ2v) is 12.0. The van der Waals surface area contributed by atoms with Gasteiger partial charge in [0, 0.05) is 60.3 Å². The van der Waals surface area contributed by atoms with Crippen LogP contribution in [0.3, 0.4) is 0 Å². The summed E-state index contributed by atoms with van der Waals surface area (Å²) in [7, 11) is 0. The molecule has 46 heavy (non-hydrogen) atoms. The molecule has 242 valence electrons. The van der Waals surface area contributed by atoms with Crippen LogP contribution in [-0.4, -0.2) is 46.1 Å². The summed E-state index contributed by atoms with van der Waals surface area (Å²) in [6.45, 7) is 8.67. The second-order valence-electron chi connectivity index (χ2n) is 12.0. The van der Waals surface area contributed by atoms with E-state index in [9.17, 15) is 24.1 Å². The van der Waals surface area contributed by atoms with E-state index < -0.39 is 34.1 Å². The van der Waals surface area contributed by atoms with Gasteiger partial charge in [0.15, 0.2) is 0 Å². The number of non-ortho nitro benzene ring substituents is 1. The lowest BCUT2D eigenvalue weighted by atomic mass is 9.82. The number of alkyl carbamates (subject to hydrolysis) is 1. The minimum Gasteiger partial charge on any atom is -0.450 e. The van der Waals surface area contributed by atoms with Crippen LogP contribution in [0.15, 0.2) is 85.1 Å². The van der Waals surface area contributed by atoms with Crippen molar-refractivity contribution in [2.45, 2.75) is 46.7 Å². The Labute approximate surface area is 266 Å². The number of carbonyl (C=O) groups excluding carboxylic acids is 2. The van der Waals surface area contributed by atoms with E-state index in [0.29, 0.717) is 24.2 Å². The number of hydrogen-bond acceptors (Lipinski definition) is 5. The van der Waals surface area contributed by atoms with E-state index in [1.54, 1.807) is 24.1 Å². The molecule has 0 spiro atoms. The highest BCUT2D eigenvalue weighted by molar-refractivity contribution is 5.94. The number of ether oxygens (including phenoxy) is 1. The Morgan fingerprint density at radius 1 is 1.02 bits per heavy atom. The first-order valence-corrected chi connectivity index (χ1v) is 15.0. The van der Waals surface area contributed by atoms with Gasteiger partial charge in [0.1, 0.15) is 11.6 Å². The van der Waals surface area contributed by atoms with Crippen molar-refractivity contribution in [2.75, 3.05) is 19.7 Å². The van der Waals surface area contributed by atoms with Gasteiger partial charge in [0.05, 0.1) is 17.6 Å². The quantitative estimate of drug-likeness (QED) is 0.0976. The number of benzene rings is 3. The van der Waals surface area contributed by atoms with E-state index in [0.717, 1.165) is 23.8 Å². The Balaban J connectivity index is 1.84. The monoisotopic (exact) mass is 632 g/mol. The van der Waals surface area contributed by atoms with Crippen molar-refractivity contribution in [1.29, 1.82) is 0 Å². The molecule has 0 unspecified atom stereocenters. The number of nitrogens with one attached hydrogen (secondary N) is 1. The Hall–Kier alpha value is -5.06. The predicted molar refractivity (Wildman–Crippen MR) is 171 cm³/mol. The molecule has 0 radical (unpaired) electrons. The van der Waals surface area contributed by atoms with Gasteiger partial charge in [-0.3, -0.25) is 14.9 Å². The number of nitrogens with zero attached hydrogens (tertiary/aromatic N) is 3. The van der Waals surface area contributed by atoms with Gasteiger partial charge >= 0.3 is 6.09 Å². The molecule has 0 aliphatic carbocycles. The summed E-state index contributed by atoms with van der Waals surface area (Å²) in [5.74, 6) is -1.54. The van der Waals surface area contributed by atoms with Gasteiger partial charge in [-0.1, -0.05) is 51.1 Å². The van der Waals surface area contributed by atoms with Crippen LogP contribution < -0.4 is 5.32 Å². The molecule has 1 heterocycles. The zero-order valence-electron chi connectivity index (χ0n) is 26.3. The molecule has 1 N–H and O–H groups in total. The van der Waals surface area contributed by atoms with Gasteiger partial charge in [0.25, 0.3) is 11.6 Å². The molecule has 0 aliphatic rings. The van der Waals surface area contributed by atoms with Crippen molar-refractivity contribution in [3.63, 3.8) is 0 Å². The van der Waals surface area contributed by atoms with E-state index in [1.807, 2.05) is 55.7 Å². The number of amides is 2. The average Bonchev–Trinajstić information content (AvgIpc) is 3.41. The van der Waals surface area contributed by atoms with Gasteiger partial charge < -0.3 is 19.5 Å². The maximum Gasteiger partial charge on any atom is 0.407 e. The summed E-state index contributed by atoms with van der Waals surface area (Å²) >= 11 is 0. The standard InChI is InChI=1S/C35H38F2N4O5/c1-5-46-34(43)38-18-9-19-40(33(42)25-12-15-28(16-13-25)41(44)45)32(35(2,3)4)31-20-26(29-21-27(36)14-17-30(29)37)23-39(31)22-24-10-7-6-8-11-24/h6-8,10-17,20-21,23,32H,5,9,18-19,22H2,1-4H3,(H,38,43)/t32-/m0/s1. The zero-order valence-corrected chi connectivity index (χ0v) is 26.3. The molecule has 9 nitrogen and oxygen atoms in total. The summed E-state index contributed by atoms with van der Waals surface area (Å²) in [5, 5.41) is 14.0. The van der Waals surface area contributed by atoms with Crippen molar-refractivity contribution < 1.29 is 28.0 Å². The highest BCUT2D eigenvalue weighted by Crippen LogP contribution is 2.42. The lowest BCUT2D eigenvalue weighted by Gasteiger charge is -2.41. The summed E-state index contributed by atoms with van der Waals surface area (Å²) in [4.78, 5) is 38.6. The molecular formula is C35H38F2N4O5. The Morgan fingerprint density at radius 3 is 2.35 bits per heavy atom. The van der Waals surface area contributed by atoms with Crippen LogP contribution in [0, 0.1) is 27.2 Å². The smallest absolute Gasteiger partial charge is 0.407 e. The number of carbonyl (C=O) groups is 2. The van der Waals surface area contributed by atoms with Crippen molar-refractivity contribution in [1.82, 2.24) is 14.8 Å². The molecule has 1 atom stereocenters.